The second-order valence-corrected chi connectivity index (χ2v) is 8.30. The summed E-state index contributed by atoms with van der Waals surface area (Å²) >= 11 is 0. The van der Waals surface area contributed by atoms with Crippen LogP contribution in [-0.4, -0.2) is 40.2 Å². The van der Waals surface area contributed by atoms with E-state index in [9.17, 15) is 9.59 Å². The van der Waals surface area contributed by atoms with Crippen molar-refractivity contribution in [3.63, 3.8) is 0 Å². The third-order valence-corrected chi connectivity index (χ3v) is 6.31. The van der Waals surface area contributed by atoms with E-state index in [-0.39, 0.29) is 24.5 Å². The second kappa shape index (κ2) is 9.01. The monoisotopic (exact) mass is 389 g/mol. The van der Waals surface area contributed by atoms with Crippen LogP contribution in [-0.2, 0) is 16.1 Å². The van der Waals surface area contributed by atoms with Gasteiger partial charge in [-0.05, 0) is 45.2 Å². The summed E-state index contributed by atoms with van der Waals surface area (Å²) in [4.78, 5) is 27.6. The Morgan fingerprint density at radius 2 is 1.93 bits per heavy atom. The zero-order valence-electron chi connectivity index (χ0n) is 17.6. The van der Waals surface area contributed by atoms with Crippen LogP contribution in [0.1, 0.15) is 82.6 Å². The first-order valence-electron chi connectivity index (χ1n) is 10.9. The van der Waals surface area contributed by atoms with E-state index in [4.69, 9.17) is 4.74 Å². The molecule has 0 spiro atoms. The number of aryl methyl sites for hydroxylation is 1. The van der Waals surface area contributed by atoms with Gasteiger partial charge in [-0.25, -0.2) is 4.79 Å². The van der Waals surface area contributed by atoms with Crippen LogP contribution in [0.5, 0.6) is 0 Å². The fourth-order valence-electron chi connectivity index (χ4n) is 4.89. The molecule has 1 fully saturated rings. The number of rotatable bonds is 6. The molecule has 1 saturated carbocycles. The predicted octanol–water partition coefficient (Wildman–Crippen LogP) is 4.32. The lowest BCUT2D eigenvalue weighted by atomic mass is 9.79. The highest BCUT2D eigenvalue weighted by Gasteiger charge is 2.39. The van der Waals surface area contributed by atoms with Gasteiger partial charge < -0.3 is 19.5 Å². The number of nitrogens with one attached hydrogen (secondary N) is 1. The molecule has 1 atom stereocenters. The number of ether oxygens (including phenoxy) is 1. The fourth-order valence-corrected chi connectivity index (χ4v) is 4.89. The lowest BCUT2D eigenvalue weighted by molar-refractivity contribution is -0.145. The van der Waals surface area contributed by atoms with Crippen molar-refractivity contribution in [1.29, 1.82) is 0 Å². The van der Waals surface area contributed by atoms with E-state index >= 15 is 0 Å². The molecule has 2 aliphatic rings. The molecule has 6 heteroatoms. The van der Waals surface area contributed by atoms with Gasteiger partial charge in [0.2, 0.25) is 0 Å². The highest BCUT2D eigenvalue weighted by Crippen LogP contribution is 2.35. The summed E-state index contributed by atoms with van der Waals surface area (Å²) in [5.41, 5.74) is 2.01. The van der Waals surface area contributed by atoms with Crippen LogP contribution in [0.15, 0.2) is 12.1 Å². The van der Waals surface area contributed by atoms with E-state index in [1.54, 1.807) is 0 Å². The van der Waals surface area contributed by atoms with Crippen molar-refractivity contribution >= 4 is 12.0 Å². The number of fused-ring (bicyclic) bond motifs is 1. The van der Waals surface area contributed by atoms with Crippen LogP contribution in [0, 0.1) is 6.92 Å². The van der Waals surface area contributed by atoms with E-state index in [2.05, 4.69) is 35.9 Å². The molecule has 0 bridgehead atoms. The summed E-state index contributed by atoms with van der Waals surface area (Å²) in [6.07, 6.45) is 7.18. The van der Waals surface area contributed by atoms with E-state index in [0.717, 1.165) is 51.5 Å². The summed E-state index contributed by atoms with van der Waals surface area (Å²) in [7, 11) is 0. The van der Waals surface area contributed by atoms with Crippen molar-refractivity contribution in [3.8, 4) is 0 Å². The molecular weight excluding hydrogens is 354 g/mol. The number of aromatic nitrogens is 1. The summed E-state index contributed by atoms with van der Waals surface area (Å²) in [5.74, 6) is -0.210. The van der Waals surface area contributed by atoms with E-state index in [0.29, 0.717) is 13.2 Å². The van der Waals surface area contributed by atoms with Crippen LogP contribution in [0.25, 0.3) is 0 Å². The maximum absolute atomic E-state index is 13.4. The minimum atomic E-state index is -0.465. The second-order valence-electron chi connectivity index (χ2n) is 8.30. The van der Waals surface area contributed by atoms with Crippen LogP contribution in [0.2, 0.25) is 0 Å². The number of hydrogen-bond donors (Lipinski definition) is 1. The predicted molar refractivity (Wildman–Crippen MR) is 109 cm³/mol. The van der Waals surface area contributed by atoms with Crippen LogP contribution < -0.4 is 5.32 Å². The molecule has 1 aliphatic carbocycles. The van der Waals surface area contributed by atoms with Gasteiger partial charge in [-0.1, -0.05) is 32.6 Å². The van der Waals surface area contributed by atoms with Gasteiger partial charge in [0, 0.05) is 24.5 Å². The standard InChI is InChI=1S/C22H35N3O3/c1-4-9-18-19-11-10-17(3)24(19)14-15-25(18)21(27)23-22(12-7-6-8-13-22)16-20(26)28-5-2/h10-11,18H,4-9,12-16H2,1-3H3,(H,23,27). The van der Waals surface area contributed by atoms with Crippen LogP contribution in [0.3, 0.4) is 0 Å². The minimum absolute atomic E-state index is 0.0326. The number of carbonyl (C=O) groups excluding carboxylic acids is 2. The molecule has 1 N–H and O–H groups in total. The van der Waals surface area contributed by atoms with Crippen molar-refractivity contribution in [2.24, 2.45) is 0 Å². The Morgan fingerprint density at radius 1 is 1.18 bits per heavy atom. The fraction of sp³-hybridized carbons (Fsp3) is 0.727. The molecule has 0 radical (unpaired) electrons. The number of amides is 2. The Labute approximate surface area is 168 Å². The number of nitrogens with zero attached hydrogens (tertiary/aromatic N) is 2. The highest BCUT2D eigenvalue weighted by molar-refractivity contribution is 5.78. The van der Waals surface area contributed by atoms with Gasteiger partial charge >= 0.3 is 12.0 Å². The van der Waals surface area contributed by atoms with E-state index in [1.165, 1.54) is 11.4 Å². The van der Waals surface area contributed by atoms with Crippen molar-refractivity contribution in [1.82, 2.24) is 14.8 Å². The molecule has 3 rings (SSSR count). The average Bonchev–Trinajstić information content (AvgIpc) is 3.04. The molecule has 156 valence electrons. The van der Waals surface area contributed by atoms with Gasteiger partial charge in [0.15, 0.2) is 0 Å². The summed E-state index contributed by atoms with van der Waals surface area (Å²) in [6, 6.07) is 4.36. The Bertz CT molecular complexity index is 691. The smallest absolute Gasteiger partial charge is 0.318 e. The highest BCUT2D eigenvalue weighted by atomic mass is 16.5. The number of esters is 1. The molecule has 0 aromatic carbocycles. The van der Waals surface area contributed by atoms with Crippen molar-refractivity contribution < 1.29 is 14.3 Å². The molecule has 6 nitrogen and oxygen atoms in total. The van der Waals surface area contributed by atoms with Gasteiger partial charge in [0.05, 0.1) is 24.6 Å². The minimum Gasteiger partial charge on any atom is -0.466 e. The van der Waals surface area contributed by atoms with Crippen LogP contribution in [0.4, 0.5) is 4.79 Å². The number of hydrogen-bond acceptors (Lipinski definition) is 3. The lowest BCUT2D eigenvalue weighted by Crippen LogP contribution is -2.57. The van der Waals surface area contributed by atoms with Gasteiger partial charge in [0.25, 0.3) is 0 Å². The normalized spacial score (nSPS) is 21.1. The first-order chi connectivity index (χ1) is 13.5. The van der Waals surface area contributed by atoms with Crippen molar-refractivity contribution in [3.05, 3.63) is 23.5 Å². The molecule has 28 heavy (non-hydrogen) atoms. The molecule has 1 aliphatic heterocycles. The molecular formula is C22H35N3O3. The largest absolute Gasteiger partial charge is 0.466 e. The zero-order valence-corrected chi connectivity index (χ0v) is 17.6. The van der Waals surface area contributed by atoms with Crippen molar-refractivity contribution in [2.75, 3.05) is 13.2 Å². The molecule has 0 saturated heterocycles. The van der Waals surface area contributed by atoms with Crippen molar-refractivity contribution in [2.45, 2.75) is 90.3 Å². The van der Waals surface area contributed by atoms with Crippen LogP contribution >= 0.6 is 0 Å². The Balaban J connectivity index is 1.77. The lowest BCUT2D eigenvalue weighted by Gasteiger charge is -2.42. The molecule has 1 unspecified atom stereocenters. The third-order valence-electron chi connectivity index (χ3n) is 6.31. The Morgan fingerprint density at radius 3 is 2.61 bits per heavy atom. The summed E-state index contributed by atoms with van der Waals surface area (Å²) < 4.78 is 7.53. The van der Waals surface area contributed by atoms with Gasteiger partial charge in [-0.3, -0.25) is 4.79 Å². The topological polar surface area (TPSA) is 63.6 Å². The van der Waals surface area contributed by atoms with E-state index in [1.807, 2.05) is 11.8 Å². The van der Waals surface area contributed by atoms with Gasteiger partial charge in [0.1, 0.15) is 0 Å². The van der Waals surface area contributed by atoms with Gasteiger partial charge in [-0.15, -0.1) is 0 Å². The molecule has 2 amide bonds. The Hall–Kier alpha value is -1.98. The number of urea groups is 1. The quantitative estimate of drug-likeness (QED) is 0.737. The maximum atomic E-state index is 13.4. The van der Waals surface area contributed by atoms with E-state index < -0.39 is 5.54 Å². The van der Waals surface area contributed by atoms with Gasteiger partial charge in [-0.2, -0.15) is 0 Å². The first-order valence-corrected chi connectivity index (χ1v) is 10.9. The average molecular weight is 390 g/mol. The Kier molecular flexibility index (Phi) is 6.68. The number of carbonyl (C=O) groups is 2. The molecule has 1 aromatic heterocycles. The molecule has 1 aromatic rings. The first kappa shape index (κ1) is 20.7. The molecule has 2 heterocycles. The summed E-state index contributed by atoms with van der Waals surface area (Å²) in [6.45, 7) is 8.02. The SMILES string of the molecule is CCCC1c2ccc(C)n2CCN1C(=O)NC1(CC(=O)OCC)CCCCC1. The summed E-state index contributed by atoms with van der Waals surface area (Å²) in [5, 5.41) is 3.29. The maximum Gasteiger partial charge on any atom is 0.318 e. The zero-order chi connectivity index (χ0) is 20.1. The third kappa shape index (κ3) is 4.36.